The Morgan fingerprint density at radius 3 is 0.938 bits per heavy atom. The molecule has 0 aromatic rings. The van der Waals surface area contributed by atoms with Gasteiger partial charge in [0.1, 0.15) is 0 Å². The third kappa shape index (κ3) is 304. The molecule has 0 bridgehead atoms. The van der Waals surface area contributed by atoms with E-state index in [1.54, 1.807) is 0 Å². The van der Waals surface area contributed by atoms with Gasteiger partial charge in [-0.2, -0.15) is 25.3 Å². The molecule has 0 radical (unpaired) electrons. The molecule has 16 heavy (non-hydrogen) atoms. The third-order valence-electron chi connectivity index (χ3n) is 0.271. The third-order valence-corrected chi connectivity index (χ3v) is 0.812. The normalized spacial score (nSPS) is 5.62. The van der Waals surface area contributed by atoms with E-state index in [2.05, 4.69) is 25.3 Å². The molecule has 92 valence electrons. The van der Waals surface area contributed by atoms with Crippen molar-refractivity contribution in [3.05, 3.63) is 31.9 Å². The van der Waals surface area contributed by atoms with Crippen LogP contribution in [0.3, 0.4) is 0 Å². The summed E-state index contributed by atoms with van der Waals surface area (Å²) >= 11 is 6.83. The van der Waals surface area contributed by atoms with Crippen LogP contribution in [-0.2, 0) is 9.59 Å². The highest BCUT2D eigenvalue weighted by molar-refractivity contribution is 7.81. The zero-order chi connectivity index (χ0) is 14.0. The summed E-state index contributed by atoms with van der Waals surface area (Å²) in [6.07, 6.45) is 0. The van der Waals surface area contributed by atoms with Crippen LogP contribution in [0.5, 0.6) is 0 Å². The van der Waals surface area contributed by atoms with Crippen molar-refractivity contribution >= 4 is 37.2 Å². The maximum atomic E-state index is 9.29. The smallest absolute Gasteiger partial charge is 0.313 e. The van der Waals surface area contributed by atoms with E-state index in [1.165, 1.54) is 9.82 Å². The molecule has 0 spiro atoms. The Morgan fingerprint density at radius 1 is 0.875 bits per heavy atom. The topological polar surface area (TPSA) is 192 Å². The summed E-state index contributed by atoms with van der Waals surface area (Å²) in [6, 6.07) is 0. The van der Waals surface area contributed by atoms with Gasteiger partial charge in [-0.05, 0) is 0 Å². The fourth-order valence-corrected chi connectivity index (χ4v) is 0. The minimum absolute atomic E-state index is 0.0833. The predicted molar refractivity (Wildman–Crippen MR) is 63.1 cm³/mol. The van der Waals surface area contributed by atoms with Crippen LogP contribution >= 0.6 is 25.3 Å². The molecule has 0 atom stereocenters. The van der Waals surface area contributed by atoms with Gasteiger partial charge in [0.15, 0.2) is 0 Å². The van der Waals surface area contributed by atoms with Crippen molar-refractivity contribution in [2.45, 2.75) is 0 Å². The van der Waals surface area contributed by atoms with Gasteiger partial charge in [0, 0.05) is 0 Å². The maximum Gasteiger partial charge on any atom is 0.313 e. The molecular formula is C4H8N6O4S2-2. The molecule has 2 N–H and O–H groups in total. The number of hydrogen-bond acceptors (Lipinski definition) is 4. The van der Waals surface area contributed by atoms with Crippen molar-refractivity contribution in [1.82, 2.24) is 0 Å². The van der Waals surface area contributed by atoms with Crippen molar-refractivity contribution in [2.24, 2.45) is 0 Å². The Balaban J connectivity index is -0.0000000621. The number of carboxylic acids is 2. The Hall–Kier alpha value is -1.74. The molecule has 0 heterocycles. The van der Waals surface area contributed by atoms with E-state index in [-0.39, 0.29) is 11.5 Å². The molecule has 0 amide bonds. The Bertz CT molecular complexity index is 221. The number of thiol groups is 2. The number of carboxylic acid groups (broad SMARTS) is 2. The summed E-state index contributed by atoms with van der Waals surface area (Å²) in [5, 5.41) is 15.3. The van der Waals surface area contributed by atoms with Crippen molar-refractivity contribution in [1.29, 1.82) is 0 Å². The van der Waals surface area contributed by atoms with Crippen LogP contribution in [-0.4, -0.2) is 33.7 Å². The van der Waals surface area contributed by atoms with E-state index in [0.717, 1.165) is 0 Å². The summed E-state index contributed by atoms with van der Waals surface area (Å²) in [7, 11) is 0. The van der Waals surface area contributed by atoms with Gasteiger partial charge in [-0.3, -0.25) is 19.4 Å². The number of carbonyl (C=O) groups is 2. The summed E-state index contributed by atoms with van der Waals surface area (Å²) in [5.74, 6) is -1.93. The number of nitrogens with zero attached hydrogens (tertiary/aromatic N) is 6. The Kier molecular flexibility index (Phi) is 43.5. The molecule has 0 saturated carbocycles. The highest BCUT2D eigenvalue weighted by Crippen LogP contribution is 1.66. The summed E-state index contributed by atoms with van der Waals surface area (Å²) in [5.41, 5.74) is 27.0. The number of rotatable bonds is 2. The number of aliphatic carboxylic acids is 2. The molecule has 0 aromatic heterocycles. The van der Waals surface area contributed by atoms with Gasteiger partial charge in [0.2, 0.25) is 0 Å². The highest BCUT2D eigenvalue weighted by atomic mass is 32.1. The van der Waals surface area contributed by atoms with E-state index in [1.807, 2.05) is 0 Å². The molecule has 0 saturated heterocycles. The molecule has 0 aliphatic carbocycles. The largest absolute Gasteiger partial charge is 0.481 e. The molecular weight excluding hydrogens is 260 g/mol. The fraction of sp³-hybridized carbons (Fsp3) is 0.500. The van der Waals surface area contributed by atoms with Gasteiger partial charge >= 0.3 is 11.9 Å². The van der Waals surface area contributed by atoms with Crippen LogP contribution in [0.25, 0.3) is 31.9 Å². The van der Waals surface area contributed by atoms with Crippen molar-refractivity contribution in [2.75, 3.05) is 11.5 Å². The minimum atomic E-state index is -0.881. The van der Waals surface area contributed by atoms with E-state index in [0.29, 0.717) is 0 Å². The van der Waals surface area contributed by atoms with Crippen LogP contribution in [0.1, 0.15) is 0 Å². The van der Waals surface area contributed by atoms with Gasteiger partial charge in [0.05, 0.1) is 11.5 Å². The van der Waals surface area contributed by atoms with E-state index in [4.69, 9.17) is 32.3 Å². The van der Waals surface area contributed by atoms with Crippen molar-refractivity contribution in [3.63, 3.8) is 0 Å². The summed E-state index contributed by atoms with van der Waals surface area (Å²) in [4.78, 5) is 21.6. The maximum absolute atomic E-state index is 9.29. The van der Waals surface area contributed by atoms with Crippen LogP contribution in [0.15, 0.2) is 0 Å². The highest BCUT2D eigenvalue weighted by Gasteiger charge is 1.82. The number of hydrogen-bond donors (Lipinski definition) is 4. The van der Waals surface area contributed by atoms with Crippen LogP contribution < -0.4 is 0 Å². The second-order valence-electron chi connectivity index (χ2n) is 1.28. The second kappa shape index (κ2) is 29.2. The van der Waals surface area contributed by atoms with Crippen LogP contribution in [0, 0.1) is 0 Å². The van der Waals surface area contributed by atoms with Crippen LogP contribution in [0.4, 0.5) is 0 Å². The standard InChI is InChI=1S/2C2H4O2S.2N3/c2*3-2(4)1-5;2*1-3-2/h2*5H,1H2,(H,3,4);;/q;;2*-1. The predicted octanol–water partition coefficient (Wildman–Crippen LogP) is 1.73. The molecule has 0 fully saturated rings. The zero-order valence-corrected chi connectivity index (χ0v) is 9.49. The van der Waals surface area contributed by atoms with Crippen molar-refractivity contribution < 1.29 is 19.8 Å². The molecule has 0 aromatic carbocycles. The summed E-state index contributed by atoms with van der Waals surface area (Å²) < 4.78 is 0. The lowest BCUT2D eigenvalue weighted by molar-refractivity contribution is -0.134. The molecule has 12 heteroatoms. The molecule has 0 aliphatic rings. The lowest BCUT2D eigenvalue weighted by Gasteiger charge is -1.71. The molecule has 0 rings (SSSR count). The zero-order valence-electron chi connectivity index (χ0n) is 7.70. The first-order valence-electron chi connectivity index (χ1n) is 3.00. The average molecular weight is 268 g/mol. The van der Waals surface area contributed by atoms with E-state index in [9.17, 15) is 9.59 Å². The Morgan fingerprint density at radius 2 is 0.938 bits per heavy atom. The fourth-order valence-electron chi connectivity index (χ4n) is 0. The van der Waals surface area contributed by atoms with E-state index < -0.39 is 11.9 Å². The van der Waals surface area contributed by atoms with Crippen LogP contribution in [0.2, 0.25) is 0 Å². The first-order valence-corrected chi connectivity index (χ1v) is 4.26. The van der Waals surface area contributed by atoms with Gasteiger partial charge in [-0.1, -0.05) is 0 Å². The van der Waals surface area contributed by atoms with Gasteiger partial charge < -0.3 is 32.3 Å². The van der Waals surface area contributed by atoms with Crippen molar-refractivity contribution in [3.8, 4) is 0 Å². The molecule has 0 aliphatic heterocycles. The average Bonchev–Trinajstić information content (AvgIpc) is 2.21. The first kappa shape index (κ1) is 23.8. The second-order valence-corrected chi connectivity index (χ2v) is 1.92. The Labute approximate surface area is 101 Å². The molecule has 10 nitrogen and oxygen atoms in total. The monoisotopic (exact) mass is 268 g/mol. The SMILES string of the molecule is O=C(O)CS.O=C(O)CS.[N-]=[N+]=[N-].[N-]=[N+]=[N-]. The molecule has 0 unspecified atom stereocenters. The quantitative estimate of drug-likeness (QED) is 0.256. The lowest BCUT2D eigenvalue weighted by Crippen LogP contribution is -1.92. The van der Waals surface area contributed by atoms with E-state index >= 15 is 0 Å². The first-order chi connectivity index (χ1) is 7.37. The minimum Gasteiger partial charge on any atom is -0.481 e. The lowest BCUT2D eigenvalue weighted by atomic mass is 10.8. The summed E-state index contributed by atoms with van der Waals surface area (Å²) in [6.45, 7) is 0. The van der Waals surface area contributed by atoms with Gasteiger partial charge in [0.25, 0.3) is 0 Å². The van der Waals surface area contributed by atoms with Gasteiger partial charge in [-0.25, -0.2) is 0 Å². The van der Waals surface area contributed by atoms with Gasteiger partial charge in [-0.15, -0.1) is 0 Å².